The van der Waals surface area contributed by atoms with Gasteiger partial charge in [0.05, 0.1) is 5.02 Å². The molecule has 2 heterocycles. The third-order valence-electron chi connectivity index (χ3n) is 2.97. The summed E-state index contributed by atoms with van der Waals surface area (Å²) in [5.74, 6) is 0. The van der Waals surface area contributed by atoms with Gasteiger partial charge in [-0.2, -0.15) is 0 Å². The van der Waals surface area contributed by atoms with Crippen LogP contribution in [0.3, 0.4) is 0 Å². The number of halogens is 1. The molecule has 4 nitrogen and oxygen atoms in total. The maximum atomic E-state index is 6.31. The molecule has 3 aromatic rings. The fourth-order valence-electron chi connectivity index (χ4n) is 1.87. The van der Waals surface area contributed by atoms with Crippen molar-refractivity contribution in [1.29, 1.82) is 0 Å². The second kappa shape index (κ2) is 5.44. The van der Waals surface area contributed by atoms with Crippen LogP contribution in [0.2, 0.25) is 5.02 Å². The van der Waals surface area contributed by atoms with Gasteiger partial charge in [-0.25, -0.2) is 0 Å². The molecule has 3 rings (SSSR count). The van der Waals surface area contributed by atoms with E-state index in [-0.39, 0.29) is 6.04 Å². The number of rotatable bonds is 3. The highest BCUT2D eigenvalue weighted by atomic mass is 35.5. The molecule has 0 spiro atoms. The van der Waals surface area contributed by atoms with E-state index in [9.17, 15) is 0 Å². The van der Waals surface area contributed by atoms with E-state index < -0.39 is 0 Å². The van der Waals surface area contributed by atoms with Crippen LogP contribution in [0.25, 0.3) is 5.65 Å². The maximum Gasteiger partial charge on any atom is 0.200 e. The molecule has 2 N–H and O–H groups in total. The van der Waals surface area contributed by atoms with Crippen molar-refractivity contribution >= 4 is 29.0 Å². The molecular formula is C14H13ClN4S. The molecule has 0 aliphatic carbocycles. The first-order valence-electron chi connectivity index (χ1n) is 6.18. The molecule has 0 radical (unpaired) electrons. The number of hydrogen-bond acceptors (Lipinski definition) is 4. The lowest BCUT2D eigenvalue weighted by Crippen LogP contribution is -2.04. The number of aromatic nitrogens is 3. The minimum atomic E-state index is -0.0273. The van der Waals surface area contributed by atoms with Crippen LogP contribution in [-0.2, 0) is 0 Å². The van der Waals surface area contributed by atoms with Gasteiger partial charge in [0.1, 0.15) is 0 Å². The van der Waals surface area contributed by atoms with Gasteiger partial charge >= 0.3 is 0 Å². The minimum absolute atomic E-state index is 0.0273. The number of nitrogens with zero attached hydrogens (tertiary/aromatic N) is 3. The van der Waals surface area contributed by atoms with E-state index in [2.05, 4.69) is 10.2 Å². The van der Waals surface area contributed by atoms with Crippen molar-refractivity contribution in [3.05, 3.63) is 53.2 Å². The zero-order valence-corrected chi connectivity index (χ0v) is 12.4. The number of fused-ring (bicyclic) bond motifs is 1. The topological polar surface area (TPSA) is 56.2 Å². The maximum absolute atomic E-state index is 6.31. The zero-order valence-electron chi connectivity index (χ0n) is 10.8. The highest BCUT2D eigenvalue weighted by Crippen LogP contribution is 2.33. The van der Waals surface area contributed by atoms with Crippen LogP contribution in [0, 0.1) is 0 Å². The Balaban J connectivity index is 1.95. The molecule has 0 aliphatic rings. The molecule has 1 aromatic carbocycles. The normalized spacial score (nSPS) is 12.8. The van der Waals surface area contributed by atoms with E-state index in [1.165, 1.54) is 11.8 Å². The average Bonchev–Trinajstić information content (AvgIpc) is 2.84. The molecule has 102 valence electrons. The summed E-state index contributed by atoms with van der Waals surface area (Å²) < 4.78 is 1.93. The van der Waals surface area contributed by atoms with Crippen LogP contribution in [0.1, 0.15) is 18.5 Å². The lowest BCUT2D eigenvalue weighted by molar-refractivity contribution is 0.817. The number of pyridine rings is 1. The third-order valence-corrected chi connectivity index (χ3v) is 4.43. The fourth-order valence-corrected chi connectivity index (χ4v) is 3.00. The van der Waals surface area contributed by atoms with Gasteiger partial charge in [0, 0.05) is 17.1 Å². The van der Waals surface area contributed by atoms with Crippen molar-refractivity contribution in [1.82, 2.24) is 14.6 Å². The summed E-state index contributed by atoms with van der Waals surface area (Å²) in [7, 11) is 0. The quantitative estimate of drug-likeness (QED) is 0.804. The Bertz CT molecular complexity index is 754. The minimum Gasteiger partial charge on any atom is -0.324 e. The predicted molar refractivity (Wildman–Crippen MR) is 81.2 cm³/mol. The Hall–Kier alpha value is -1.56. The van der Waals surface area contributed by atoms with Gasteiger partial charge in [-0.05, 0) is 48.5 Å². The fraction of sp³-hybridized carbons (Fsp3) is 0.143. The van der Waals surface area contributed by atoms with Gasteiger partial charge in [0.25, 0.3) is 0 Å². The molecule has 0 aliphatic heterocycles. The summed E-state index contributed by atoms with van der Waals surface area (Å²) in [5, 5.41) is 9.77. The third kappa shape index (κ3) is 2.52. The van der Waals surface area contributed by atoms with Gasteiger partial charge < -0.3 is 5.73 Å². The average molecular weight is 305 g/mol. The summed E-state index contributed by atoms with van der Waals surface area (Å²) in [6.07, 6.45) is 1.93. The van der Waals surface area contributed by atoms with E-state index in [0.717, 1.165) is 21.3 Å². The molecule has 0 bridgehead atoms. The van der Waals surface area contributed by atoms with Crippen molar-refractivity contribution in [2.45, 2.75) is 23.0 Å². The monoisotopic (exact) mass is 304 g/mol. The van der Waals surface area contributed by atoms with E-state index >= 15 is 0 Å². The predicted octanol–water partition coefficient (Wildman–Crippen LogP) is 3.55. The Morgan fingerprint density at radius 3 is 2.85 bits per heavy atom. The highest BCUT2D eigenvalue weighted by molar-refractivity contribution is 7.99. The van der Waals surface area contributed by atoms with Crippen LogP contribution >= 0.6 is 23.4 Å². The molecule has 0 fully saturated rings. The van der Waals surface area contributed by atoms with Crippen molar-refractivity contribution in [3.63, 3.8) is 0 Å². The van der Waals surface area contributed by atoms with Crippen LogP contribution in [0.5, 0.6) is 0 Å². The first-order chi connectivity index (χ1) is 9.65. The lowest BCUT2D eigenvalue weighted by Gasteiger charge is -2.08. The zero-order chi connectivity index (χ0) is 14.1. The van der Waals surface area contributed by atoms with E-state index in [1.807, 2.05) is 53.9 Å². The van der Waals surface area contributed by atoms with Crippen molar-refractivity contribution in [3.8, 4) is 0 Å². The van der Waals surface area contributed by atoms with Crippen LogP contribution < -0.4 is 5.73 Å². The van der Waals surface area contributed by atoms with Crippen LogP contribution in [-0.4, -0.2) is 14.6 Å². The first-order valence-corrected chi connectivity index (χ1v) is 7.37. The standard InChI is InChI=1S/C14H13ClN4S/c1-9(16)10-5-6-12(11(15)8-10)20-14-18-17-13-4-2-3-7-19(13)14/h2-9H,16H2,1H3/t9-/m1/s1. The molecule has 0 saturated carbocycles. The Morgan fingerprint density at radius 2 is 2.10 bits per heavy atom. The Labute approximate surface area is 126 Å². The number of nitrogens with two attached hydrogens (primary N) is 1. The van der Waals surface area contributed by atoms with Crippen LogP contribution in [0.15, 0.2) is 52.6 Å². The van der Waals surface area contributed by atoms with Gasteiger partial charge in [-0.1, -0.05) is 23.7 Å². The summed E-state index contributed by atoms with van der Waals surface area (Å²) in [5.41, 5.74) is 7.69. The molecule has 0 unspecified atom stereocenters. The largest absolute Gasteiger partial charge is 0.324 e. The Morgan fingerprint density at radius 1 is 1.25 bits per heavy atom. The van der Waals surface area contributed by atoms with Gasteiger partial charge in [0.15, 0.2) is 10.8 Å². The first kappa shape index (κ1) is 13.4. The van der Waals surface area contributed by atoms with Crippen molar-refractivity contribution in [2.24, 2.45) is 5.73 Å². The molecule has 1 atom stereocenters. The second-order valence-corrected chi connectivity index (χ2v) is 5.91. The van der Waals surface area contributed by atoms with Crippen molar-refractivity contribution < 1.29 is 0 Å². The van der Waals surface area contributed by atoms with E-state index in [0.29, 0.717) is 5.02 Å². The second-order valence-electron chi connectivity index (χ2n) is 4.49. The van der Waals surface area contributed by atoms with E-state index in [1.54, 1.807) is 0 Å². The van der Waals surface area contributed by atoms with Gasteiger partial charge in [0.2, 0.25) is 0 Å². The summed E-state index contributed by atoms with van der Waals surface area (Å²) in [4.78, 5) is 0.939. The smallest absolute Gasteiger partial charge is 0.200 e. The summed E-state index contributed by atoms with van der Waals surface area (Å²) >= 11 is 7.80. The number of benzene rings is 1. The Kier molecular flexibility index (Phi) is 3.65. The molecule has 2 aromatic heterocycles. The lowest BCUT2D eigenvalue weighted by atomic mass is 10.1. The molecule has 6 heteroatoms. The van der Waals surface area contributed by atoms with Gasteiger partial charge in [-0.3, -0.25) is 4.40 Å². The van der Waals surface area contributed by atoms with Gasteiger partial charge in [-0.15, -0.1) is 10.2 Å². The number of hydrogen-bond donors (Lipinski definition) is 1. The molecule has 0 saturated heterocycles. The SMILES string of the molecule is C[C@@H](N)c1ccc(Sc2nnc3ccccn23)c(Cl)c1. The molecule has 0 amide bonds. The van der Waals surface area contributed by atoms with Crippen LogP contribution in [0.4, 0.5) is 0 Å². The summed E-state index contributed by atoms with van der Waals surface area (Å²) in [6, 6.07) is 11.6. The van der Waals surface area contributed by atoms with E-state index in [4.69, 9.17) is 17.3 Å². The molecular weight excluding hydrogens is 292 g/mol. The highest BCUT2D eigenvalue weighted by Gasteiger charge is 2.10. The van der Waals surface area contributed by atoms with Crippen molar-refractivity contribution in [2.75, 3.05) is 0 Å². The molecule has 20 heavy (non-hydrogen) atoms. The summed E-state index contributed by atoms with van der Waals surface area (Å²) in [6.45, 7) is 1.94.